The van der Waals surface area contributed by atoms with Gasteiger partial charge in [0.25, 0.3) is 5.56 Å². The van der Waals surface area contributed by atoms with E-state index in [4.69, 9.17) is 5.11 Å². The number of hydrogen-bond acceptors (Lipinski definition) is 5. The van der Waals surface area contributed by atoms with Crippen LogP contribution >= 0.6 is 0 Å². The summed E-state index contributed by atoms with van der Waals surface area (Å²) in [5.74, 6) is 0.840. The van der Waals surface area contributed by atoms with Crippen molar-refractivity contribution in [3.05, 3.63) is 28.6 Å². The molecule has 2 heterocycles. The first-order valence-electron chi connectivity index (χ1n) is 4.76. The minimum absolute atomic E-state index is 0.198. The number of aliphatic hydroxyl groups is 1. The number of rotatable bonds is 1. The van der Waals surface area contributed by atoms with Gasteiger partial charge in [-0.25, -0.2) is 10.1 Å². The van der Waals surface area contributed by atoms with Crippen molar-refractivity contribution in [3.8, 4) is 0 Å². The number of nitrogens with zero attached hydrogens (tertiary/aromatic N) is 2. The van der Waals surface area contributed by atoms with Crippen LogP contribution in [0.1, 0.15) is 0 Å². The number of amidine groups is 1. The quantitative estimate of drug-likeness (QED) is 0.642. The van der Waals surface area contributed by atoms with Crippen molar-refractivity contribution in [2.45, 2.75) is 0 Å². The van der Waals surface area contributed by atoms with Crippen molar-refractivity contribution in [1.82, 2.24) is 10.2 Å². The van der Waals surface area contributed by atoms with Crippen molar-refractivity contribution in [1.29, 1.82) is 0 Å². The van der Waals surface area contributed by atoms with Gasteiger partial charge in [0.15, 0.2) is 5.82 Å². The Morgan fingerprint density at radius 2 is 2.25 bits per heavy atom. The third kappa shape index (κ3) is 1.13. The molecule has 6 heteroatoms. The maximum Gasteiger partial charge on any atom is 0.272 e. The molecule has 16 heavy (non-hydrogen) atoms. The van der Waals surface area contributed by atoms with Crippen LogP contribution in [0.3, 0.4) is 0 Å². The smallest absolute Gasteiger partial charge is 0.272 e. The number of aromatic nitrogens is 2. The Morgan fingerprint density at radius 3 is 3.06 bits per heavy atom. The van der Waals surface area contributed by atoms with E-state index in [0.29, 0.717) is 22.4 Å². The number of H-pyrrole nitrogens is 1. The van der Waals surface area contributed by atoms with Gasteiger partial charge in [0.1, 0.15) is 12.4 Å². The Hall–Kier alpha value is -2.21. The fourth-order valence-corrected chi connectivity index (χ4v) is 1.77. The van der Waals surface area contributed by atoms with Crippen LogP contribution in [0.5, 0.6) is 0 Å². The molecule has 3 N–H and O–H groups in total. The van der Waals surface area contributed by atoms with Gasteiger partial charge >= 0.3 is 0 Å². The van der Waals surface area contributed by atoms with E-state index in [9.17, 15) is 4.79 Å². The van der Waals surface area contributed by atoms with E-state index in [2.05, 4.69) is 20.5 Å². The van der Waals surface area contributed by atoms with E-state index >= 15 is 0 Å². The summed E-state index contributed by atoms with van der Waals surface area (Å²) < 4.78 is 0. The van der Waals surface area contributed by atoms with Gasteiger partial charge in [-0.15, -0.1) is 0 Å². The molecule has 1 aliphatic heterocycles. The minimum atomic E-state index is -0.245. The molecule has 0 fully saturated rings. The van der Waals surface area contributed by atoms with E-state index in [1.807, 2.05) is 6.07 Å². The molecule has 0 spiro atoms. The molecule has 0 bridgehead atoms. The Labute approximate surface area is 89.6 Å². The molecule has 1 aliphatic rings. The van der Waals surface area contributed by atoms with Gasteiger partial charge in [0, 0.05) is 0 Å². The Balaban J connectivity index is 2.45. The second-order valence-electron chi connectivity index (χ2n) is 3.45. The van der Waals surface area contributed by atoms with Crippen LogP contribution in [0.4, 0.5) is 11.5 Å². The fraction of sp³-hybridized carbons (Fsp3) is 0.100. The molecule has 6 nitrogen and oxygen atoms in total. The van der Waals surface area contributed by atoms with Crippen LogP contribution in [0.2, 0.25) is 0 Å². The molecule has 80 valence electrons. The van der Waals surface area contributed by atoms with Gasteiger partial charge in [-0.05, 0) is 12.1 Å². The zero-order valence-electron chi connectivity index (χ0n) is 8.19. The van der Waals surface area contributed by atoms with Crippen molar-refractivity contribution < 1.29 is 5.11 Å². The van der Waals surface area contributed by atoms with Crippen LogP contribution in [0.15, 0.2) is 28.0 Å². The van der Waals surface area contributed by atoms with Gasteiger partial charge in [0.05, 0.1) is 16.5 Å². The van der Waals surface area contributed by atoms with Gasteiger partial charge in [0.2, 0.25) is 0 Å². The first kappa shape index (κ1) is 9.05. The highest BCUT2D eigenvalue weighted by Crippen LogP contribution is 2.31. The number of hydrogen-bond donors (Lipinski definition) is 3. The first-order chi connectivity index (χ1) is 7.79. The van der Waals surface area contributed by atoms with Crippen LogP contribution in [0, 0.1) is 0 Å². The first-order valence-corrected chi connectivity index (χ1v) is 4.76. The topological polar surface area (TPSA) is 90.4 Å². The molecule has 0 unspecified atom stereocenters. The molecular weight excluding hydrogens is 208 g/mol. The summed E-state index contributed by atoms with van der Waals surface area (Å²) in [6, 6.07) is 5.30. The number of aliphatic hydroxyl groups excluding tert-OH is 1. The number of aromatic amines is 1. The molecule has 0 amide bonds. The zero-order chi connectivity index (χ0) is 11.1. The highest BCUT2D eigenvalue weighted by Gasteiger charge is 2.16. The van der Waals surface area contributed by atoms with Gasteiger partial charge < -0.3 is 10.4 Å². The predicted molar refractivity (Wildman–Crippen MR) is 60.2 cm³/mol. The van der Waals surface area contributed by atoms with Crippen molar-refractivity contribution in [3.63, 3.8) is 0 Å². The average Bonchev–Trinajstić information content (AvgIpc) is 2.33. The van der Waals surface area contributed by atoms with E-state index < -0.39 is 0 Å². The van der Waals surface area contributed by atoms with Crippen molar-refractivity contribution in [2.75, 3.05) is 11.9 Å². The molecule has 0 radical (unpaired) electrons. The number of benzene rings is 1. The Kier molecular flexibility index (Phi) is 1.78. The van der Waals surface area contributed by atoms with Crippen LogP contribution in [-0.4, -0.2) is 27.7 Å². The number of nitrogens with one attached hydrogen (secondary N) is 2. The van der Waals surface area contributed by atoms with Gasteiger partial charge in [-0.3, -0.25) is 4.79 Å². The highest BCUT2D eigenvalue weighted by atomic mass is 16.3. The van der Waals surface area contributed by atoms with E-state index in [-0.39, 0.29) is 12.2 Å². The van der Waals surface area contributed by atoms with Crippen molar-refractivity contribution in [2.24, 2.45) is 4.99 Å². The van der Waals surface area contributed by atoms with Gasteiger partial charge in [-0.1, -0.05) is 6.07 Å². The number of aliphatic imine (C=N–C) groups is 1. The fourth-order valence-electron chi connectivity index (χ4n) is 1.77. The monoisotopic (exact) mass is 216 g/mol. The number of anilines is 1. The largest absolute Gasteiger partial charge is 0.388 e. The molecule has 0 saturated heterocycles. The molecule has 0 aliphatic carbocycles. The molecule has 0 atom stereocenters. The highest BCUT2D eigenvalue weighted by molar-refractivity contribution is 6.12. The van der Waals surface area contributed by atoms with Gasteiger partial charge in [-0.2, -0.15) is 5.10 Å². The molecule has 0 saturated carbocycles. The molecular formula is C10H8N4O2. The maximum atomic E-state index is 11.5. The summed E-state index contributed by atoms with van der Waals surface area (Å²) >= 11 is 0. The molecule has 1 aromatic heterocycles. The van der Waals surface area contributed by atoms with Crippen LogP contribution in [-0.2, 0) is 0 Å². The predicted octanol–water partition coefficient (Wildman–Crippen LogP) is 0.371. The Morgan fingerprint density at radius 1 is 1.38 bits per heavy atom. The minimum Gasteiger partial charge on any atom is -0.388 e. The third-order valence-corrected chi connectivity index (χ3v) is 2.47. The summed E-state index contributed by atoms with van der Waals surface area (Å²) in [7, 11) is 0. The SMILES string of the molecule is O=c1[nH]nc2c3c(cccc13)NC(CO)=N2. The maximum absolute atomic E-state index is 11.5. The lowest BCUT2D eigenvalue weighted by Gasteiger charge is -2.15. The summed E-state index contributed by atoms with van der Waals surface area (Å²) in [5.41, 5.74) is 0.496. The molecule has 3 rings (SSSR count). The lowest BCUT2D eigenvalue weighted by Crippen LogP contribution is -2.20. The standard InChI is InChI=1S/C10H8N4O2/c15-4-7-11-6-3-1-2-5-8(6)9(12-7)13-14-10(5)16/h1-3,15H,4H2,(H,14,16)(H,11,12,13). The Bertz CT molecular complexity index is 659. The lowest BCUT2D eigenvalue weighted by molar-refractivity contribution is 0.357. The summed E-state index contributed by atoms with van der Waals surface area (Å²) in [6.45, 7) is -0.198. The summed E-state index contributed by atoms with van der Waals surface area (Å²) in [6.07, 6.45) is 0. The molecule has 2 aromatic rings. The van der Waals surface area contributed by atoms with E-state index in [1.54, 1.807) is 12.1 Å². The van der Waals surface area contributed by atoms with E-state index in [1.165, 1.54) is 0 Å². The second-order valence-corrected chi connectivity index (χ2v) is 3.45. The van der Waals surface area contributed by atoms with Crippen LogP contribution in [0.25, 0.3) is 10.8 Å². The van der Waals surface area contributed by atoms with Crippen molar-refractivity contribution >= 4 is 28.1 Å². The normalized spacial score (nSPS) is 13.4. The zero-order valence-corrected chi connectivity index (χ0v) is 8.19. The summed E-state index contributed by atoms with van der Waals surface area (Å²) in [5, 5.41) is 19.4. The second kappa shape index (κ2) is 3.14. The third-order valence-electron chi connectivity index (χ3n) is 2.47. The lowest BCUT2D eigenvalue weighted by atomic mass is 10.1. The van der Waals surface area contributed by atoms with Crippen LogP contribution < -0.4 is 10.9 Å². The average molecular weight is 216 g/mol. The molecule has 1 aromatic carbocycles. The summed E-state index contributed by atoms with van der Waals surface area (Å²) in [4.78, 5) is 15.6. The van der Waals surface area contributed by atoms with E-state index in [0.717, 1.165) is 5.69 Å².